The minimum Gasteiger partial charge on any atom is -0.347 e. The molecule has 25 heavy (non-hydrogen) atoms. The molecule has 2 amide bonds. The molecule has 0 fully saturated rings. The molecule has 4 nitrogen and oxygen atoms in total. The first-order valence-electron chi connectivity index (χ1n) is 7.90. The summed E-state index contributed by atoms with van der Waals surface area (Å²) in [4.78, 5) is 23.8. The molecule has 3 aromatic rings. The lowest BCUT2D eigenvalue weighted by Crippen LogP contribution is -2.33. The highest BCUT2D eigenvalue weighted by atomic mass is 19.1. The van der Waals surface area contributed by atoms with Crippen LogP contribution >= 0.6 is 0 Å². The van der Waals surface area contributed by atoms with E-state index in [4.69, 9.17) is 0 Å². The standard InChI is InChI=1S/C20H17FN2O2/c21-17-7-3-4-14(10-17)11-19(24)22-13-20(25)23-18-9-8-15-5-1-2-6-16(15)12-18/h1-10,12H,11,13H2,(H,22,24)(H,23,25). The van der Waals surface area contributed by atoms with Crippen molar-refractivity contribution in [1.29, 1.82) is 0 Å². The van der Waals surface area contributed by atoms with Crippen molar-refractivity contribution in [3.05, 3.63) is 78.1 Å². The van der Waals surface area contributed by atoms with Gasteiger partial charge in [-0.05, 0) is 40.6 Å². The molecule has 0 aliphatic carbocycles. The van der Waals surface area contributed by atoms with Crippen molar-refractivity contribution in [3.63, 3.8) is 0 Å². The lowest BCUT2D eigenvalue weighted by molar-refractivity contribution is -0.123. The van der Waals surface area contributed by atoms with E-state index in [-0.39, 0.29) is 30.6 Å². The van der Waals surface area contributed by atoms with E-state index in [1.54, 1.807) is 12.1 Å². The van der Waals surface area contributed by atoms with E-state index >= 15 is 0 Å². The Balaban J connectivity index is 1.52. The molecule has 0 unspecified atom stereocenters. The van der Waals surface area contributed by atoms with Gasteiger partial charge < -0.3 is 10.6 Å². The van der Waals surface area contributed by atoms with Gasteiger partial charge in [-0.2, -0.15) is 0 Å². The second-order valence-electron chi connectivity index (χ2n) is 5.69. The average Bonchev–Trinajstić information content (AvgIpc) is 2.60. The van der Waals surface area contributed by atoms with Crippen molar-refractivity contribution in [1.82, 2.24) is 5.32 Å². The Hall–Kier alpha value is -3.21. The summed E-state index contributed by atoms with van der Waals surface area (Å²) >= 11 is 0. The van der Waals surface area contributed by atoms with E-state index in [0.717, 1.165) is 10.8 Å². The fourth-order valence-corrected chi connectivity index (χ4v) is 2.55. The number of amides is 2. The van der Waals surface area contributed by atoms with Crippen molar-refractivity contribution in [2.75, 3.05) is 11.9 Å². The van der Waals surface area contributed by atoms with Gasteiger partial charge in [0, 0.05) is 5.69 Å². The minimum atomic E-state index is -0.389. The van der Waals surface area contributed by atoms with Gasteiger partial charge in [0.25, 0.3) is 0 Å². The Bertz CT molecular complexity index is 924. The van der Waals surface area contributed by atoms with Crippen LogP contribution in [0, 0.1) is 5.82 Å². The lowest BCUT2D eigenvalue weighted by atomic mass is 10.1. The number of rotatable bonds is 5. The van der Waals surface area contributed by atoms with Crippen LogP contribution in [0.5, 0.6) is 0 Å². The molecule has 5 heteroatoms. The van der Waals surface area contributed by atoms with Gasteiger partial charge in [0.1, 0.15) is 5.82 Å². The predicted octanol–water partition coefficient (Wildman–Crippen LogP) is 3.28. The molecule has 0 atom stereocenters. The maximum Gasteiger partial charge on any atom is 0.243 e. The van der Waals surface area contributed by atoms with Gasteiger partial charge in [0.2, 0.25) is 11.8 Å². The number of fused-ring (bicyclic) bond motifs is 1. The monoisotopic (exact) mass is 336 g/mol. The average molecular weight is 336 g/mol. The highest BCUT2D eigenvalue weighted by molar-refractivity contribution is 5.97. The second kappa shape index (κ2) is 7.57. The number of hydrogen-bond donors (Lipinski definition) is 2. The van der Waals surface area contributed by atoms with Crippen LogP contribution in [0.15, 0.2) is 66.7 Å². The van der Waals surface area contributed by atoms with Gasteiger partial charge in [-0.25, -0.2) is 4.39 Å². The summed E-state index contributed by atoms with van der Waals surface area (Å²) in [5, 5.41) is 7.39. The zero-order valence-corrected chi connectivity index (χ0v) is 13.5. The molecule has 0 radical (unpaired) electrons. The van der Waals surface area contributed by atoms with Crippen LogP contribution in [0.1, 0.15) is 5.56 Å². The van der Waals surface area contributed by atoms with Crippen LogP contribution in [-0.4, -0.2) is 18.4 Å². The number of carbonyl (C=O) groups excluding carboxylic acids is 2. The summed E-state index contributed by atoms with van der Waals surface area (Å²) in [6.07, 6.45) is 0.0288. The van der Waals surface area contributed by atoms with E-state index in [1.165, 1.54) is 12.1 Å². The summed E-state index contributed by atoms with van der Waals surface area (Å²) < 4.78 is 13.1. The summed E-state index contributed by atoms with van der Waals surface area (Å²) in [6, 6.07) is 19.3. The van der Waals surface area contributed by atoms with E-state index in [1.807, 2.05) is 42.5 Å². The quantitative estimate of drug-likeness (QED) is 0.751. The topological polar surface area (TPSA) is 58.2 Å². The van der Waals surface area contributed by atoms with Gasteiger partial charge in [-0.1, -0.05) is 42.5 Å². The molecule has 0 aromatic heterocycles. The molecule has 0 bridgehead atoms. The van der Waals surface area contributed by atoms with E-state index in [2.05, 4.69) is 10.6 Å². The fourth-order valence-electron chi connectivity index (χ4n) is 2.55. The Morgan fingerprint density at radius 2 is 1.64 bits per heavy atom. The summed E-state index contributed by atoms with van der Waals surface area (Å²) in [5.41, 5.74) is 1.23. The third-order valence-corrected chi connectivity index (χ3v) is 3.73. The first-order valence-corrected chi connectivity index (χ1v) is 7.90. The fraction of sp³-hybridized carbons (Fsp3) is 0.100. The molecule has 0 aliphatic heterocycles. The van der Waals surface area contributed by atoms with E-state index < -0.39 is 0 Å². The zero-order chi connectivity index (χ0) is 17.6. The van der Waals surface area contributed by atoms with Crippen molar-refractivity contribution in [2.24, 2.45) is 0 Å². The third kappa shape index (κ3) is 4.64. The van der Waals surface area contributed by atoms with Crippen LogP contribution in [-0.2, 0) is 16.0 Å². The molecule has 0 saturated heterocycles. The third-order valence-electron chi connectivity index (χ3n) is 3.73. The first-order chi connectivity index (χ1) is 12.1. The zero-order valence-electron chi connectivity index (χ0n) is 13.5. The van der Waals surface area contributed by atoms with Gasteiger partial charge in [0.15, 0.2) is 0 Å². The largest absolute Gasteiger partial charge is 0.347 e. The molecule has 126 valence electrons. The maximum atomic E-state index is 13.1. The lowest BCUT2D eigenvalue weighted by Gasteiger charge is -2.08. The Kier molecular flexibility index (Phi) is 5.04. The Morgan fingerprint density at radius 1 is 0.840 bits per heavy atom. The van der Waals surface area contributed by atoms with Gasteiger partial charge in [-0.3, -0.25) is 9.59 Å². The van der Waals surface area contributed by atoms with Crippen LogP contribution in [0.3, 0.4) is 0 Å². The molecule has 2 N–H and O–H groups in total. The molecule has 3 aromatic carbocycles. The van der Waals surface area contributed by atoms with Gasteiger partial charge in [0.05, 0.1) is 13.0 Å². The molecule has 0 aliphatic rings. The molecular weight excluding hydrogens is 319 g/mol. The number of halogens is 1. The SMILES string of the molecule is O=C(Cc1cccc(F)c1)NCC(=O)Nc1ccc2ccccc2c1. The summed E-state index contributed by atoms with van der Waals surface area (Å²) in [5.74, 6) is -1.04. The van der Waals surface area contributed by atoms with E-state index in [0.29, 0.717) is 11.3 Å². The number of benzene rings is 3. The first kappa shape index (κ1) is 16.6. The summed E-state index contributed by atoms with van der Waals surface area (Å²) in [6.45, 7) is -0.138. The molecule has 3 rings (SSSR count). The van der Waals surface area contributed by atoms with Crippen LogP contribution in [0.25, 0.3) is 10.8 Å². The maximum absolute atomic E-state index is 13.1. The molecule has 0 spiro atoms. The Morgan fingerprint density at radius 3 is 2.44 bits per heavy atom. The van der Waals surface area contributed by atoms with Crippen LogP contribution < -0.4 is 10.6 Å². The minimum absolute atomic E-state index is 0.0288. The van der Waals surface area contributed by atoms with Gasteiger partial charge in [-0.15, -0.1) is 0 Å². The number of hydrogen-bond acceptors (Lipinski definition) is 2. The smallest absolute Gasteiger partial charge is 0.243 e. The molecule has 0 heterocycles. The van der Waals surface area contributed by atoms with Crippen molar-refractivity contribution in [3.8, 4) is 0 Å². The highest BCUT2D eigenvalue weighted by Gasteiger charge is 2.08. The second-order valence-corrected chi connectivity index (χ2v) is 5.69. The van der Waals surface area contributed by atoms with Crippen molar-refractivity contribution in [2.45, 2.75) is 6.42 Å². The van der Waals surface area contributed by atoms with Crippen LogP contribution in [0.4, 0.5) is 10.1 Å². The normalized spacial score (nSPS) is 10.4. The van der Waals surface area contributed by atoms with Gasteiger partial charge >= 0.3 is 0 Å². The summed E-state index contributed by atoms with van der Waals surface area (Å²) in [7, 11) is 0. The number of nitrogens with one attached hydrogen (secondary N) is 2. The van der Waals surface area contributed by atoms with Crippen molar-refractivity contribution < 1.29 is 14.0 Å². The van der Waals surface area contributed by atoms with E-state index in [9.17, 15) is 14.0 Å². The van der Waals surface area contributed by atoms with Crippen molar-refractivity contribution >= 4 is 28.3 Å². The number of anilines is 1. The predicted molar refractivity (Wildman–Crippen MR) is 95.7 cm³/mol. The molecule has 0 saturated carbocycles. The Labute approximate surface area is 144 Å². The van der Waals surface area contributed by atoms with Crippen LogP contribution in [0.2, 0.25) is 0 Å². The highest BCUT2D eigenvalue weighted by Crippen LogP contribution is 2.18. The molecular formula is C20H17FN2O2. The number of carbonyl (C=O) groups is 2.